The molecule has 5 nitrogen and oxygen atoms in total. The average molecular weight is 328 g/mol. The van der Waals surface area contributed by atoms with E-state index in [-0.39, 0.29) is 6.10 Å². The fraction of sp³-hybridized carbons (Fsp3) is 0.412. The van der Waals surface area contributed by atoms with Crippen molar-refractivity contribution in [2.24, 2.45) is 0 Å². The number of aromatic amines is 1. The Kier molecular flexibility index (Phi) is 4.26. The van der Waals surface area contributed by atoms with Gasteiger partial charge < -0.3 is 14.3 Å². The number of rotatable bonds is 5. The zero-order chi connectivity index (χ0) is 15.5. The quantitative estimate of drug-likeness (QED) is 0.774. The van der Waals surface area contributed by atoms with Gasteiger partial charge in [0.15, 0.2) is 0 Å². The molecule has 1 aliphatic heterocycles. The van der Waals surface area contributed by atoms with Crippen LogP contribution >= 0.6 is 11.3 Å². The minimum absolute atomic E-state index is 0.274. The van der Waals surface area contributed by atoms with Crippen LogP contribution in [0.2, 0.25) is 0 Å². The zero-order valence-electron chi connectivity index (χ0n) is 12.9. The molecule has 4 rings (SSSR count). The van der Waals surface area contributed by atoms with Crippen LogP contribution in [0.5, 0.6) is 0 Å². The van der Waals surface area contributed by atoms with Crippen molar-refractivity contribution < 1.29 is 4.74 Å². The summed E-state index contributed by atoms with van der Waals surface area (Å²) in [5.74, 6) is 1.04. The van der Waals surface area contributed by atoms with Crippen LogP contribution in [-0.4, -0.2) is 26.1 Å². The highest BCUT2D eigenvalue weighted by molar-refractivity contribution is 7.15. The van der Waals surface area contributed by atoms with Gasteiger partial charge in [0.1, 0.15) is 5.82 Å². The van der Waals surface area contributed by atoms with Crippen molar-refractivity contribution in [3.8, 4) is 10.7 Å². The Morgan fingerprint density at radius 1 is 1.35 bits per heavy atom. The van der Waals surface area contributed by atoms with Crippen molar-refractivity contribution in [3.63, 3.8) is 0 Å². The van der Waals surface area contributed by atoms with Gasteiger partial charge in [-0.1, -0.05) is 0 Å². The number of thiophene rings is 1. The second-order valence-corrected chi connectivity index (χ2v) is 6.94. The maximum atomic E-state index is 5.89. The standard InChI is InChI=1S/C17H20N4OS/c1-2-10-22-14(3-1)15-4-5-16(23-15)17-19-7-9-21(17)8-6-13-11-18-12-20-13/h4-5,7,9,11-12,14H,1-3,6,8,10H2,(H,18,20)/t14-/m0/s1. The normalized spacial score (nSPS) is 18.3. The van der Waals surface area contributed by atoms with Gasteiger partial charge in [-0.05, 0) is 31.4 Å². The third-order valence-electron chi connectivity index (χ3n) is 4.24. The summed E-state index contributed by atoms with van der Waals surface area (Å²) in [6.07, 6.45) is 12.3. The molecule has 0 bridgehead atoms. The lowest BCUT2D eigenvalue weighted by Crippen LogP contribution is -2.09. The van der Waals surface area contributed by atoms with Crippen LogP contribution in [0.4, 0.5) is 0 Å². The van der Waals surface area contributed by atoms with E-state index < -0.39 is 0 Å². The SMILES string of the molecule is c1cn(CCc2cnc[nH]2)c(-c2ccc([C@@H]3CCCCO3)s2)n1. The third kappa shape index (κ3) is 3.23. The van der Waals surface area contributed by atoms with Gasteiger partial charge in [-0.15, -0.1) is 11.3 Å². The maximum absolute atomic E-state index is 5.89. The van der Waals surface area contributed by atoms with Crippen LogP contribution in [0.1, 0.15) is 35.9 Å². The van der Waals surface area contributed by atoms with Gasteiger partial charge in [-0.25, -0.2) is 9.97 Å². The molecule has 1 fully saturated rings. The molecule has 3 aromatic heterocycles. The number of nitrogens with one attached hydrogen (secondary N) is 1. The summed E-state index contributed by atoms with van der Waals surface area (Å²) in [5, 5.41) is 0. The van der Waals surface area contributed by atoms with E-state index in [4.69, 9.17) is 4.74 Å². The van der Waals surface area contributed by atoms with Crippen molar-refractivity contribution in [3.05, 3.63) is 47.6 Å². The Morgan fingerprint density at radius 2 is 2.35 bits per heavy atom. The van der Waals surface area contributed by atoms with E-state index in [1.807, 2.05) is 18.6 Å². The predicted octanol–water partition coefficient (Wildman–Crippen LogP) is 3.82. The number of hydrogen-bond donors (Lipinski definition) is 1. The van der Waals surface area contributed by atoms with E-state index >= 15 is 0 Å². The monoisotopic (exact) mass is 328 g/mol. The number of hydrogen-bond acceptors (Lipinski definition) is 4. The summed E-state index contributed by atoms with van der Waals surface area (Å²) in [5.41, 5.74) is 1.15. The lowest BCUT2D eigenvalue weighted by atomic mass is 10.1. The van der Waals surface area contributed by atoms with Crippen LogP contribution < -0.4 is 0 Å². The molecule has 0 aromatic carbocycles. The summed E-state index contributed by atoms with van der Waals surface area (Å²) in [4.78, 5) is 14.3. The Balaban J connectivity index is 1.50. The molecule has 0 amide bonds. The van der Waals surface area contributed by atoms with Gasteiger partial charge >= 0.3 is 0 Å². The molecule has 1 saturated heterocycles. The first-order valence-electron chi connectivity index (χ1n) is 8.10. The smallest absolute Gasteiger partial charge is 0.150 e. The first-order valence-corrected chi connectivity index (χ1v) is 8.92. The Hall–Kier alpha value is -1.92. The Morgan fingerprint density at radius 3 is 3.17 bits per heavy atom. The highest BCUT2D eigenvalue weighted by atomic mass is 32.1. The maximum Gasteiger partial charge on any atom is 0.150 e. The minimum Gasteiger partial charge on any atom is -0.373 e. The fourth-order valence-corrected chi connectivity index (χ4v) is 4.09. The molecular formula is C17H20N4OS. The number of aryl methyl sites for hydroxylation is 2. The molecule has 120 valence electrons. The molecular weight excluding hydrogens is 308 g/mol. The summed E-state index contributed by atoms with van der Waals surface area (Å²) in [7, 11) is 0. The second-order valence-electron chi connectivity index (χ2n) is 5.83. The molecule has 23 heavy (non-hydrogen) atoms. The van der Waals surface area contributed by atoms with Gasteiger partial charge in [0.05, 0.1) is 17.3 Å². The predicted molar refractivity (Wildman–Crippen MR) is 90.4 cm³/mol. The van der Waals surface area contributed by atoms with Crippen molar-refractivity contribution in [1.29, 1.82) is 0 Å². The third-order valence-corrected chi connectivity index (χ3v) is 5.41. The summed E-state index contributed by atoms with van der Waals surface area (Å²) < 4.78 is 8.10. The lowest BCUT2D eigenvalue weighted by Gasteiger charge is -2.21. The molecule has 0 radical (unpaired) electrons. The molecule has 6 heteroatoms. The topological polar surface area (TPSA) is 55.7 Å². The van der Waals surface area contributed by atoms with E-state index in [0.717, 1.165) is 37.5 Å². The van der Waals surface area contributed by atoms with Crippen molar-refractivity contribution in [2.45, 2.75) is 38.3 Å². The lowest BCUT2D eigenvalue weighted by molar-refractivity contribution is 0.0172. The minimum atomic E-state index is 0.274. The van der Waals surface area contributed by atoms with E-state index in [2.05, 4.69) is 31.7 Å². The zero-order valence-corrected chi connectivity index (χ0v) is 13.8. The number of ether oxygens (including phenoxy) is 1. The second kappa shape index (κ2) is 6.68. The molecule has 3 aromatic rings. The van der Waals surface area contributed by atoms with Crippen molar-refractivity contribution >= 4 is 11.3 Å². The summed E-state index contributed by atoms with van der Waals surface area (Å²) in [6, 6.07) is 4.37. The first-order chi connectivity index (χ1) is 11.4. The highest BCUT2D eigenvalue weighted by Gasteiger charge is 2.19. The number of aromatic nitrogens is 4. The summed E-state index contributed by atoms with van der Waals surface area (Å²) >= 11 is 1.81. The van der Waals surface area contributed by atoms with Crippen molar-refractivity contribution in [2.75, 3.05) is 6.61 Å². The van der Waals surface area contributed by atoms with E-state index in [1.165, 1.54) is 22.6 Å². The molecule has 1 atom stereocenters. The number of H-pyrrole nitrogens is 1. The molecule has 1 N–H and O–H groups in total. The number of nitrogens with zero attached hydrogens (tertiary/aromatic N) is 3. The molecule has 4 heterocycles. The fourth-order valence-electron chi connectivity index (χ4n) is 2.99. The van der Waals surface area contributed by atoms with Gasteiger partial charge in [0.2, 0.25) is 0 Å². The molecule has 0 unspecified atom stereocenters. The van der Waals surface area contributed by atoms with E-state index in [1.54, 1.807) is 17.7 Å². The van der Waals surface area contributed by atoms with Gasteiger partial charge in [-0.3, -0.25) is 0 Å². The van der Waals surface area contributed by atoms with E-state index in [9.17, 15) is 0 Å². The largest absolute Gasteiger partial charge is 0.373 e. The average Bonchev–Trinajstić information content (AvgIpc) is 3.33. The van der Waals surface area contributed by atoms with Gasteiger partial charge in [-0.2, -0.15) is 0 Å². The highest BCUT2D eigenvalue weighted by Crippen LogP contribution is 2.36. The van der Waals surface area contributed by atoms with E-state index in [0.29, 0.717) is 0 Å². The summed E-state index contributed by atoms with van der Waals surface area (Å²) in [6.45, 7) is 1.78. The van der Waals surface area contributed by atoms with Crippen LogP contribution in [0, 0.1) is 0 Å². The molecule has 1 aliphatic rings. The van der Waals surface area contributed by atoms with Crippen LogP contribution in [0.15, 0.2) is 37.1 Å². The van der Waals surface area contributed by atoms with Crippen LogP contribution in [0.25, 0.3) is 10.7 Å². The Bertz CT molecular complexity index is 740. The van der Waals surface area contributed by atoms with Gasteiger partial charge in [0.25, 0.3) is 0 Å². The van der Waals surface area contributed by atoms with Crippen LogP contribution in [-0.2, 0) is 17.7 Å². The van der Waals surface area contributed by atoms with Crippen molar-refractivity contribution in [1.82, 2.24) is 19.5 Å². The molecule has 0 saturated carbocycles. The number of imidazole rings is 2. The molecule has 0 aliphatic carbocycles. The Labute approximate surface area is 139 Å². The first kappa shape index (κ1) is 14.7. The van der Waals surface area contributed by atoms with Gasteiger partial charge in [0, 0.05) is 48.7 Å². The molecule has 0 spiro atoms. The van der Waals surface area contributed by atoms with Crippen LogP contribution in [0.3, 0.4) is 0 Å².